The van der Waals surface area contributed by atoms with E-state index in [9.17, 15) is 13.2 Å². The highest BCUT2D eigenvalue weighted by Crippen LogP contribution is 2.25. The van der Waals surface area contributed by atoms with E-state index in [1.807, 2.05) is 11.9 Å². The number of likely N-dealkylation sites (N-methyl/N-ethyl adjacent to an activating group) is 1. The molecule has 0 atom stereocenters. The lowest BCUT2D eigenvalue weighted by atomic mass is 10.1. The number of hydrogen-bond acceptors (Lipinski definition) is 5. The summed E-state index contributed by atoms with van der Waals surface area (Å²) in [7, 11) is 0.00491. The molecular weight excluding hydrogens is 358 g/mol. The largest absolute Gasteiger partial charge is 0.336 e. The first-order chi connectivity index (χ1) is 11.9. The van der Waals surface area contributed by atoms with E-state index in [0.717, 1.165) is 13.1 Å². The van der Waals surface area contributed by atoms with Gasteiger partial charge < -0.3 is 9.80 Å². The van der Waals surface area contributed by atoms with Gasteiger partial charge in [0.05, 0.1) is 5.69 Å². The first-order valence-electron chi connectivity index (χ1n) is 8.00. The number of carbonyl (C=O) groups excluding carboxylic acids is 1. The van der Waals surface area contributed by atoms with Crippen LogP contribution in [0.4, 0.5) is 5.69 Å². The van der Waals surface area contributed by atoms with Crippen molar-refractivity contribution in [3.63, 3.8) is 0 Å². The van der Waals surface area contributed by atoms with Gasteiger partial charge in [0.1, 0.15) is 4.21 Å². The van der Waals surface area contributed by atoms with Crippen molar-refractivity contribution in [3.8, 4) is 0 Å². The quantitative estimate of drug-likeness (QED) is 0.815. The number of amides is 1. The molecule has 0 N–H and O–H groups in total. The molecule has 0 unspecified atom stereocenters. The number of anilines is 1. The standard InChI is InChI=1S/C17H21N3O3S2/c1-18-9-11-20(12-10-18)17(21)14-5-7-15(8-6-14)19(2)25(22,23)16-4-3-13-24-16/h3-8,13H,9-12H2,1-2H3. The van der Waals surface area contributed by atoms with Gasteiger partial charge in [-0.3, -0.25) is 9.10 Å². The fraction of sp³-hybridized carbons (Fsp3) is 0.353. The van der Waals surface area contributed by atoms with E-state index in [-0.39, 0.29) is 5.91 Å². The molecule has 1 aliphatic heterocycles. The summed E-state index contributed by atoms with van der Waals surface area (Å²) in [5.74, 6) is -0.0107. The van der Waals surface area contributed by atoms with Crippen molar-refractivity contribution in [2.45, 2.75) is 4.21 Å². The minimum Gasteiger partial charge on any atom is -0.336 e. The summed E-state index contributed by atoms with van der Waals surface area (Å²) in [6.45, 7) is 3.16. The van der Waals surface area contributed by atoms with E-state index in [1.54, 1.807) is 41.8 Å². The molecule has 2 aromatic rings. The van der Waals surface area contributed by atoms with Crippen molar-refractivity contribution in [2.75, 3.05) is 44.6 Å². The third-order valence-corrected chi connectivity index (χ3v) is 7.54. The van der Waals surface area contributed by atoms with Gasteiger partial charge in [-0.25, -0.2) is 8.42 Å². The van der Waals surface area contributed by atoms with Gasteiger partial charge in [-0.2, -0.15) is 0 Å². The number of hydrogen-bond donors (Lipinski definition) is 0. The maximum Gasteiger partial charge on any atom is 0.273 e. The number of nitrogens with zero attached hydrogens (tertiary/aromatic N) is 3. The van der Waals surface area contributed by atoms with Crippen LogP contribution >= 0.6 is 11.3 Å². The monoisotopic (exact) mass is 379 g/mol. The minimum atomic E-state index is -3.56. The summed E-state index contributed by atoms with van der Waals surface area (Å²) >= 11 is 1.19. The van der Waals surface area contributed by atoms with Crippen molar-refractivity contribution in [2.24, 2.45) is 0 Å². The summed E-state index contributed by atoms with van der Waals surface area (Å²) in [5, 5.41) is 1.73. The zero-order valence-electron chi connectivity index (χ0n) is 14.3. The topological polar surface area (TPSA) is 60.9 Å². The van der Waals surface area contributed by atoms with Crippen LogP contribution in [0.5, 0.6) is 0 Å². The highest BCUT2D eigenvalue weighted by Gasteiger charge is 2.23. The molecule has 0 spiro atoms. The van der Waals surface area contributed by atoms with Crippen LogP contribution in [-0.2, 0) is 10.0 Å². The van der Waals surface area contributed by atoms with Crippen LogP contribution in [0, 0.1) is 0 Å². The van der Waals surface area contributed by atoms with Gasteiger partial charge in [0.25, 0.3) is 15.9 Å². The third-order valence-electron chi connectivity index (χ3n) is 4.38. The Bertz CT molecular complexity index is 825. The summed E-state index contributed by atoms with van der Waals surface area (Å²) < 4.78 is 26.6. The summed E-state index contributed by atoms with van der Waals surface area (Å²) in [5.41, 5.74) is 1.11. The van der Waals surface area contributed by atoms with Gasteiger partial charge in [0.2, 0.25) is 0 Å². The highest BCUT2D eigenvalue weighted by molar-refractivity contribution is 7.94. The van der Waals surface area contributed by atoms with Crippen molar-refractivity contribution in [3.05, 3.63) is 47.3 Å². The molecule has 0 radical (unpaired) electrons. The Morgan fingerprint density at radius 3 is 2.28 bits per heavy atom. The molecule has 134 valence electrons. The maximum atomic E-state index is 12.5. The summed E-state index contributed by atoms with van der Waals surface area (Å²) in [4.78, 5) is 16.6. The van der Waals surface area contributed by atoms with Gasteiger partial charge in [-0.05, 0) is 42.8 Å². The lowest BCUT2D eigenvalue weighted by Crippen LogP contribution is -2.47. The molecule has 1 aliphatic rings. The molecule has 2 heterocycles. The summed E-state index contributed by atoms with van der Waals surface area (Å²) in [6, 6.07) is 10.0. The number of benzene rings is 1. The van der Waals surface area contributed by atoms with Crippen LogP contribution in [0.3, 0.4) is 0 Å². The Kier molecular flexibility index (Phi) is 5.12. The zero-order chi connectivity index (χ0) is 18.0. The highest BCUT2D eigenvalue weighted by atomic mass is 32.2. The van der Waals surface area contributed by atoms with Gasteiger partial charge >= 0.3 is 0 Å². The number of rotatable bonds is 4. The zero-order valence-corrected chi connectivity index (χ0v) is 15.9. The molecule has 1 aromatic heterocycles. The average molecular weight is 380 g/mol. The van der Waals surface area contributed by atoms with E-state index in [1.165, 1.54) is 22.7 Å². The van der Waals surface area contributed by atoms with Crippen molar-refractivity contribution >= 4 is 33.0 Å². The van der Waals surface area contributed by atoms with Crippen molar-refractivity contribution < 1.29 is 13.2 Å². The third kappa shape index (κ3) is 3.70. The lowest BCUT2D eigenvalue weighted by molar-refractivity contribution is 0.0664. The predicted molar refractivity (Wildman–Crippen MR) is 99.8 cm³/mol. The Morgan fingerprint density at radius 2 is 1.72 bits per heavy atom. The van der Waals surface area contributed by atoms with Gasteiger partial charge in [0.15, 0.2) is 0 Å². The SMILES string of the molecule is CN1CCN(C(=O)c2ccc(N(C)S(=O)(=O)c3cccs3)cc2)CC1. The molecule has 3 rings (SSSR count). The summed E-state index contributed by atoms with van der Waals surface area (Å²) in [6.07, 6.45) is 0. The molecule has 0 saturated carbocycles. The second-order valence-corrected chi connectivity index (χ2v) is 9.19. The molecule has 1 fully saturated rings. The smallest absolute Gasteiger partial charge is 0.273 e. The van der Waals surface area contributed by atoms with Crippen molar-refractivity contribution in [1.82, 2.24) is 9.80 Å². The number of carbonyl (C=O) groups is 1. The Hall–Kier alpha value is -1.90. The van der Waals surface area contributed by atoms with E-state index in [2.05, 4.69) is 4.90 Å². The fourth-order valence-electron chi connectivity index (χ4n) is 2.69. The first kappa shape index (κ1) is 17.9. The van der Waals surface area contributed by atoms with Crippen LogP contribution in [0.1, 0.15) is 10.4 Å². The first-order valence-corrected chi connectivity index (χ1v) is 10.3. The van der Waals surface area contributed by atoms with Crippen molar-refractivity contribution in [1.29, 1.82) is 0 Å². The second-order valence-electron chi connectivity index (χ2n) is 6.05. The maximum absolute atomic E-state index is 12.5. The van der Waals surface area contributed by atoms with E-state index in [0.29, 0.717) is 28.5 Å². The molecule has 1 saturated heterocycles. The normalized spacial score (nSPS) is 16.0. The Balaban J connectivity index is 1.75. The molecule has 0 aliphatic carbocycles. The van der Waals surface area contributed by atoms with E-state index >= 15 is 0 Å². The van der Waals surface area contributed by atoms with Gasteiger partial charge in [-0.1, -0.05) is 6.07 Å². The predicted octanol–water partition coefficient (Wildman–Crippen LogP) is 1.96. The van der Waals surface area contributed by atoms with Crippen LogP contribution < -0.4 is 4.31 Å². The minimum absolute atomic E-state index is 0.0107. The molecule has 0 bridgehead atoms. The Labute approximate surface area is 152 Å². The van der Waals surface area contributed by atoms with Crippen LogP contribution in [0.25, 0.3) is 0 Å². The molecule has 6 nitrogen and oxygen atoms in total. The number of thiophene rings is 1. The van der Waals surface area contributed by atoms with Gasteiger partial charge in [-0.15, -0.1) is 11.3 Å². The lowest BCUT2D eigenvalue weighted by Gasteiger charge is -2.32. The molecule has 1 aromatic carbocycles. The van der Waals surface area contributed by atoms with Crippen LogP contribution in [0.15, 0.2) is 46.0 Å². The number of sulfonamides is 1. The van der Waals surface area contributed by atoms with Gasteiger partial charge in [0, 0.05) is 38.8 Å². The van der Waals surface area contributed by atoms with E-state index < -0.39 is 10.0 Å². The second kappa shape index (κ2) is 7.15. The number of piperazine rings is 1. The van der Waals surface area contributed by atoms with Crippen LogP contribution in [0.2, 0.25) is 0 Å². The fourth-order valence-corrected chi connectivity index (χ4v) is 5.05. The van der Waals surface area contributed by atoms with Crippen LogP contribution in [-0.4, -0.2) is 64.4 Å². The Morgan fingerprint density at radius 1 is 1.08 bits per heavy atom. The molecule has 25 heavy (non-hydrogen) atoms. The van der Waals surface area contributed by atoms with E-state index in [4.69, 9.17) is 0 Å². The molecular formula is C17H21N3O3S2. The molecule has 1 amide bonds. The molecule has 8 heteroatoms. The average Bonchev–Trinajstić information content (AvgIpc) is 3.17.